The molecule has 0 unspecified atom stereocenters. The summed E-state index contributed by atoms with van der Waals surface area (Å²) in [6, 6.07) is 9.75. The summed E-state index contributed by atoms with van der Waals surface area (Å²) in [4.78, 5) is 12.2. The number of rotatable bonds is 6. The maximum atomic E-state index is 12.2. The van der Waals surface area contributed by atoms with Crippen LogP contribution in [0.4, 0.5) is 4.79 Å². The van der Waals surface area contributed by atoms with Crippen LogP contribution < -0.4 is 10.6 Å². The van der Waals surface area contributed by atoms with Gasteiger partial charge in [0.25, 0.3) is 0 Å². The van der Waals surface area contributed by atoms with Crippen molar-refractivity contribution in [1.82, 2.24) is 30.2 Å². The molecular weight excluding hydrogens is 340 g/mol. The van der Waals surface area contributed by atoms with Gasteiger partial charge in [-0.25, -0.2) is 9.48 Å². The minimum atomic E-state index is -0.190. The Balaban J connectivity index is 1.33. The number of hydrogen-bond donors (Lipinski definition) is 2. The summed E-state index contributed by atoms with van der Waals surface area (Å²) in [5, 5.41) is 14.7. The fourth-order valence-corrected chi connectivity index (χ4v) is 3.22. The molecule has 1 saturated carbocycles. The van der Waals surface area contributed by atoms with Crippen LogP contribution in [-0.4, -0.2) is 25.6 Å². The van der Waals surface area contributed by atoms with E-state index in [2.05, 4.69) is 20.8 Å². The summed E-state index contributed by atoms with van der Waals surface area (Å²) in [5.41, 5.74) is 5.24. The van der Waals surface area contributed by atoms with E-state index in [1.165, 1.54) is 18.4 Å². The fraction of sp³-hybridized carbons (Fsp3) is 0.350. The lowest BCUT2D eigenvalue weighted by Gasteiger charge is -2.09. The van der Waals surface area contributed by atoms with Gasteiger partial charge >= 0.3 is 6.03 Å². The topological polar surface area (TPSA) is 76.8 Å². The van der Waals surface area contributed by atoms with E-state index >= 15 is 0 Å². The van der Waals surface area contributed by atoms with Crippen molar-refractivity contribution in [3.8, 4) is 5.69 Å². The Morgan fingerprint density at radius 1 is 1.19 bits per heavy atom. The van der Waals surface area contributed by atoms with Gasteiger partial charge in [0, 0.05) is 25.4 Å². The number of carbonyl (C=O) groups excluding carboxylic acids is 1. The number of nitrogens with one attached hydrogen (secondary N) is 2. The first-order valence-electron chi connectivity index (χ1n) is 9.25. The quantitative estimate of drug-likeness (QED) is 0.706. The molecule has 2 amide bonds. The molecule has 0 atom stereocenters. The Hall–Kier alpha value is -3.09. The van der Waals surface area contributed by atoms with E-state index in [-0.39, 0.29) is 6.03 Å². The second-order valence-electron chi connectivity index (χ2n) is 7.00. The number of hydrogen-bond acceptors (Lipinski definition) is 3. The van der Waals surface area contributed by atoms with Crippen LogP contribution in [0.1, 0.15) is 41.3 Å². The van der Waals surface area contributed by atoms with Gasteiger partial charge in [0.1, 0.15) is 0 Å². The molecule has 2 aromatic heterocycles. The highest BCUT2D eigenvalue weighted by molar-refractivity contribution is 5.73. The maximum absolute atomic E-state index is 12.2. The monoisotopic (exact) mass is 364 g/mol. The van der Waals surface area contributed by atoms with Gasteiger partial charge in [0.15, 0.2) is 0 Å². The fourth-order valence-electron chi connectivity index (χ4n) is 3.22. The molecule has 7 nitrogen and oxygen atoms in total. The number of aromatic nitrogens is 4. The van der Waals surface area contributed by atoms with Gasteiger partial charge < -0.3 is 10.6 Å². The zero-order valence-electron chi connectivity index (χ0n) is 15.6. The maximum Gasteiger partial charge on any atom is 0.315 e. The molecule has 0 radical (unpaired) electrons. The standard InChI is InChI=1S/C20H24N6O/c1-14-16(13-26(24-14)17-6-4-3-5-7-17)10-21-20(27)22-12-19-18(15-8-9-15)11-23-25(19)2/h3-7,11,13,15H,8-10,12H2,1-2H3,(H2,21,22,27). The van der Waals surface area contributed by atoms with E-state index in [0.717, 1.165) is 22.6 Å². The van der Waals surface area contributed by atoms with E-state index in [4.69, 9.17) is 0 Å². The lowest BCUT2D eigenvalue weighted by Crippen LogP contribution is -2.35. The Morgan fingerprint density at radius 2 is 1.93 bits per heavy atom. The lowest BCUT2D eigenvalue weighted by atomic mass is 10.1. The molecule has 1 aliphatic carbocycles. The Kier molecular flexibility index (Phi) is 4.66. The van der Waals surface area contributed by atoms with Crippen molar-refractivity contribution in [2.45, 2.75) is 38.8 Å². The van der Waals surface area contributed by atoms with E-state index in [1.54, 1.807) is 0 Å². The van der Waals surface area contributed by atoms with E-state index in [0.29, 0.717) is 19.0 Å². The Labute approximate surface area is 158 Å². The normalized spacial score (nSPS) is 13.6. The first kappa shape index (κ1) is 17.3. The first-order chi connectivity index (χ1) is 13.1. The molecule has 0 aliphatic heterocycles. The minimum Gasteiger partial charge on any atom is -0.334 e. The van der Waals surface area contributed by atoms with Crippen LogP contribution in [0.5, 0.6) is 0 Å². The van der Waals surface area contributed by atoms with Gasteiger partial charge in [0.2, 0.25) is 0 Å². The van der Waals surface area contributed by atoms with Gasteiger partial charge in [-0.3, -0.25) is 4.68 Å². The molecule has 0 bridgehead atoms. The van der Waals surface area contributed by atoms with Crippen molar-refractivity contribution in [2.24, 2.45) is 7.05 Å². The van der Waals surface area contributed by atoms with Gasteiger partial charge in [-0.2, -0.15) is 10.2 Å². The predicted molar refractivity (Wildman–Crippen MR) is 103 cm³/mol. The average molecular weight is 364 g/mol. The summed E-state index contributed by atoms with van der Waals surface area (Å²) in [7, 11) is 1.92. The number of aryl methyl sites for hydroxylation is 2. The summed E-state index contributed by atoms with van der Waals surface area (Å²) >= 11 is 0. The molecule has 7 heteroatoms. The molecule has 2 N–H and O–H groups in total. The number of benzene rings is 1. The second-order valence-corrected chi connectivity index (χ2v) is 7.00. The second kappa shape index (κ2) is 7.26. The van der Waals surface area contributed by atoms with Crippen molar-refractivity contribution < 1.29 is 4.79 Å². The number of nitrogens with zero attached hydrogens (tertiary/aromatic N) is 4. The van der Waals surface area contributed by atoms with Crippen LogP contribution in [-0.2, 0) is 20.1 Å². The van der Waals surface area contributed by atoms with E-state index in [1.807, 2.05) is 66.1 Å². The van der Waals surface area contributed by atoms with Crippen molar-refractivity contribution in [1.29, 1.82) is 0 Å². The van der Waals surface area contributed by atoms with Gasteiger partial charge in [-0.05, 0) is 43.4 Å². The number of carbonyl (C=O) groups is 1. The number of amides is 2. The van der Waals surface area contributed by atoms with E-state index < -0.39 is 0 Å². The zero-order valence-corrected chi connectivity index (χ0v) is 15.6. The zero-order chi connectivity index (χ0) is 18.8. The van der Waals surface area contributed by atoms with Crippen molar-refractivity contribution in [3.05, 3.63) is 65.2 Å². The van der Waals surface area contributed by atoms with E-state index in [9.17, 15) is 4.79 Å². The first-order valence-corrected chi connectivity index (χ1v) is 9.25. The Bertz CT molecular complexity index is 939. The summed E-state index contributed by atoms with van der Waals surface area (Å²) in [6.45, 7) is 2.87. The highest BCUT2D eigenvalue weighted by Crippen LogP contribution is 2.41. The highest BCUT2D eigenvalue weighted by Gasteiger charge is 2.28. The van der Waals surface area contributed by atoms with Crippen LogP contribution >= 0.6 is 0 Å². The molecule has 4 rings (SSSR count). The number of urea groups is 1. The van der Waals surface area contributed by atoms with Gasteiger partial charge in [-0.1, -0.05) is 18.2 Å². The predicted octanol–water partition coefficient (Wildman–Crippen LogP) is 2.79. The van der Waals surface area contributed by atoms with Crippen LogP contribution in [0, 0.1) is 6.92 Å². The number of para-hydroxylation sites is 1. The van der Waals surface area contributed by atoms with Crippen LogP contribution in [0.2, 0.25) is 0 Å². The molecule has 2 heterocycles. The molecule has 27 heavy (non-hydrogen) atoms. The average Bonchev–Trinajstić information content (AvgIpc) is 3.36. The molecule has 0 saturated heterocycles. The molecule has 1 fully saturated rings. The molecule has 0 spiro atoms. The largest absolute Gasteiger partial charge is 0.334 e. The summed E-state index contributed by atoms with van der Waals surface area (Å²) in [5.74, 6) is 0.616. The van der Waals surface area contributed by atoms with Crippen molar-refractivity contribution >= 4 is 6.03 Å². The Morgan fingerprint density at radius 3 is 2.67 bits per heavy atom. The third-order valence-electron chi connectivity index (χ3n) is 4.99. The summed E-state index contributed by atoms with van der Waals surface area (Å²) in [6.07, 6.45) is 6.32. The molecule has 3 aromatic rings. The minimum absolute atomic E-state index is 0.190. The third-order valence-corrected chi connectivity index (χ3v) is 4.99. The van der Waals surface area contributed by atoms with Crippen LogP contribution in [0.15, 0.2) is 42.7 Å². The molecule has 1 aliphatic rings. The van der Waals surface area contributed by atoms with Crippen LogP contribution in [0.3, 0.4) is 0 Å². The third kappa shape index (κ3) is 3.86. The van der Waals surface area contributed by atoms with Gasteiger partial charge in [-0.15, -0.1) is 0 Å². The smallest absolute Gasteiger partial charge is 0.315 e. The summed E-state index contributed by atoms with van der Waals surface area (Å²) < 4.78 is 3.68. The molecule has 140 valence electrons. The molecular formula is C20H24N6O. The van der Waals surface area contributed by atoms with Crippen LogP contribution in [0.25, 0.3) is 5.69 Å². The SMILES string of the molecule is Cc1nn(-c2ccccc2)cc1CNC(=O)NCc1c(C2CC2)cnn1C. The highest BCUT2D eigenvalue weighted by atomic mass is 16.2. The van der Waals surface area contributed by atoms with Crippen molar-refractivity contribution in [2.75, 3.05) is 0 Å². The van der Waals surface area contributed by atoms with Crippen molar-refractivity contribution in [3.63, 3.8) is 0 Å². The van der Waals surface area contributed by atoms with Gasteiger partial charge in [0.05, 0.1) is 29.8 Å². The molecule has 1 aromatic carbocycles. The lowest BCUT2D eigenvalue weighted by molar-refractivity contribution is 0.240.